The molecule has 0 saturated heterocycles. The van der Waals surface area contributed by atoms with E-state index in [1.165, 1.54) is 13.8 Å². The first-order valence-corrected chi connectivity index (χ1v) is 8.89. The molecule has 0 unspecified atom stereocenters. The highest BCUT2D eigenvalue weighted by Gasteiger charge is 2.34. The molecule has 0 aromatic carbocycles. The molecule has 0 bridgehead atoms. The van der Waals surface area contributed by atoms with Gasteiger partial charge in [0.05, 0.1) is 23.6 Å². The minimum absolute atomic E-state index is 0.00141. The third kappa shape index (κ3) is 5.64. The van der Waals surface area contributed by atoms with Crippen LogP contribution < -0.4 is 10.6 Å². The van der Waals surface area contributed by atoms with E-state index in [0.717, 1.165) is 6.08 Å². The first kappa shape index (κ1) is 23.3. The van der Waals surface area contributed by atoms with Crippen molar-refractivity contribution in [3.63, 3.8) is 0 Å². The van der Waals surface area contributed by atoms with Crippen LogP contribution in [0.1, 0.15) is 40.0 Å². The number of carbonyl (C=O) groups excluding carboxylic acids is 2. The molecule has 0 spiro atoms. The number of aliphatic hydroxyl groups excluding tert-OH is 2. The number of carboxylic acids is 2. The fourth-order valence-corrected chi connectivity index (χ4v) is 2.65. The van der Waals surface area contributed by atoms with Crippen LogP contribution in [0, 0.1) is 0 Å². The van der Waals surface area contributed by atoms with Gasteiger partial charge in [-0.3, -0.25) is 9.59 Å². The van der Waals surface area contributed by atoms with Gasteiger partial charge in [0.1, 0.15) is 0 Å². The lowest BCUT2D eigenvalue weighted by Crippen LogP contribution is -2.49. The Balaban J connectivity index is 3.28. The molecule has 4 atom stereocenters. The summed E-state index contributed by atoms with van der Waals surface area (Å²) in [7, 11) is 0. The smallest absolute Gasteiger partial charge is 0.328 e. The van der Waals surface area contributed by atoms with E-state index < -0.39 is 47.8 Å². The van der Waals surface area contributed by atoms with Gasteiger partial charge in [0.2, 0.25) is 11.6 Å². The summed E-state index contributed by atoms with van der Waals surface area (Å²) in [4.78, 5) is 48.0. The highest BCUT2D eigenvalue weighted by atomic mass is 16.4. The maximum Gasteiger partial charge on any atom is 0.328 e. The molecule has 10 nitrogen and oxygen atoms in total. The van der Waals surface area contributed by atoms with Crippen molar-refractivity contribution in [2.75, 3.05) is 0 Å². The van der Waals surface area contributed by atoms with Crippen LogP contribution in [0.4, 0.5) is 0 Å². The van der Waals surface area contributed by atoms with Crippen LogP contribution in [-0.4, -0.2) is 68.2 Å². The second-order valence-electron chi connectivity index (χ2n) is 6.61. The Morgan fingerprint density at radius 2 is 1.50 bits per heavy atom. The van der Waals surface area contributed by atoms with Crippen LogP contribution in [0.2, 0.25) is 0 Å². The van der Waals surface area contributed by atoms with Gasteiger partial charge in [0.15, 0.2) is 12.1 Å². The molecule has 1 aliphatic carbocycles. The van der Waals surface area contributed by atoms with Crippen molar-refractivity contribution in [2.24, 2.45) is 0 Å². The molecule has 10 heteroatoms. The number of ketones is 2. The third-order valence-electron chi connectivity index (χ3n) is 4.23. The number of unbranched alkanes of at least 4 members (excludes halogenated alkanes) is 1. The zero-order valence-electron chi connectivity index (χ0n) is 15.9. The molecule has 1 rings (SSSR count). The topological polar surface area (TPSA) is 173 Å². The molecule has 0 aliphatic heterocycles. The summed E-state index contributed by atoms with van der Waals surface area (Å²) in [6.07, 6.45) is -0.446. The molecule has 0 aromatic heterocycles. The standard InChI is InChI=1S/C18H26N2O8/c1-4-5-6-10-15(20-14(9(3)22)18(27)28)12(23)7-11(16(10)24)19-13(8(2)21)17(25)26/h7-9,13-14,19-22H,4-6H2,1-3H3,(H,25,26)(H,27,28)/t8-,9-,13+,14+/m0/s1. The Labute approximate surface area is 161 Å². The van der Waals surface area contributed by atoms with Gasteiger partial charge in [0, 0.05) is 11.6 Å². The van der Waals surface area contributed by atoms with Gasteiger partial charge in [-0.1, -0.05) is 13.3 Å². The number of hydrogen-bond acceptors (Lipinski definition) is 8. The molecule has 0 radical (unpaired) electrons. The van der Waals surface area contributed by atoms with Gasteiger partial charge >= 0.3 is 11.9 Å². The molecule has 0 saturated carbocycles. The average molecular weight is 398 g/mol. The van der Waals surface area contributed by atoms with Gasteiger partial charge in [-0.25, -0.2) is 9.59 Å². The normalized spacial score (nSPS) is 18.8. The maximum atomic E-state index is 12.8. The molecule has 156 valence electrons. The summed E-state index contributed by atoms with van der Waals surface area (Å²) in [5, 5.41) is 42.4. The van der Waals surface area contributed by atoms with E-state index in [4.69, 9.17) is 5.11 Å². The van der Waals surface area contributed by atoms with Crippen LogP contribution in [0.15, 0.2) is 23.0 Å². The van der Waals surface area contributed by atoms with Crippen molar-refractivity contribution in [2.45, 2.75) is 64.3 Å². The van der Waals surface area contributed by atoms with E-state index >= 15 is 0 Å². The van der Waals surface area contributed by atoms with Crippen LogP contribution in [0.3, 0.4) is 0 Å². The zero-order valence-corrected chi connectivity index (χ0v) is 15.9. The molecular formula is C18H26N2O8. The highest BCUT2D eigenvalue weighted by molar-refractivity contribution is 6.22. The fraction of sp³-hybridized carbons (Fsp3) is 0.556. The lowest BCUT2D eigenvalue weighted by Gasteiger charge is -2.26. The molecule has 0 amide bonds. The summed E-state index contributed by atoms with van der Waals surface area (Å²) in [6, 6.07) is -3.01. The summed E-state index contributed by atoms with van der Waals surface area (Å²) in [6.45, 7) is 4.32. The van der Waals surface area contributed by atoms with E-state index in [9.17, 15) is 34.5 Å². The van der Waals surface area contributed by atoms with Crippen LogP contribution >= 0.6 is 0 Å². The quantitative estimate of drug-likeness (QED) is 0.245. The van der Waals surface area contributed by atoms with E-state index in [-0.39, 0.29) is 23.4 Å². The van der Waals surface area contributed by atoms with Crippen molar-refractivity contribution in [3.8, 4) is 0 Å². The van der Waals surface area contributed by atoms with E-state index in [1.807, 2.05) is 6.92 Å². The average Bonchev–Trinajstić information content (AvgIpc) is 2.58. The lowest BCUT2D eigenvalue weighted by molar-refractivity contribution is -0.143. The SMILES string of the molecule is CCCCC1=C(N[C@@H](C(=O)O)[C@H](C)O)C(=O)C=C(N[C@@H](C(=O)O)[C@H](C)O)C1=O. The predicted octanol–water partition coefficient (Wildman–Crippen LogP) is -0.686. The second-order valence-corrected chi connectivity index (χ2v) is 6.61. The van der Waals surface area contributed by atoms with Crippen LogP contribution in [0.25, 0.3) is 0 Å². The fourth-order valence-electron chi connectivity index (χ4n) is 2.65. The molecule has 0 heterocycles. The van der Waals surface area contributed by atoms with Gasteiger partial charge in [-0.05, 0) is 26.7 Å². The van der Waals surface area contributed by atoms with Crippen molar-refractivity contribution in [3.05, 3.63) is 23.0 Å². The molecule has 0 aromatic rings. The van der Waals surface area contributed by atoms with E-state index in [1.54, 1.807) is 0 Å². The number of carboxylic acid groups (broad SMARTS) is 2. The molecular weight excluding hydrogens is 372 g/mol. The number of Topliss-reactive ketones (excluding diaryl/α,β-unsaturated/α-hetero) is 1. The van der Waals surface area contributed by atoms with E-state index in [2.05, 4.69) is 10.6 Å². The number of aliphatic carboxylic acids is 2. The van der Waals surface area contributed by atoms with Crippen molar-refractivity contribution < 1.29 is 39.6 Å². The number of nitrogens with one attached hydrogen (secondary N) is 2. The number of aliphatic hydroxyl groups is 2. The number of allylic oxidation sites excluding steroid dienone is 2. The Morgan fingerprint density at radius 1 is 1.00 bits per heavy atom. The highest BCUT2D eigenvalue weighted by Crippen LogP contribution is 2.23. The van der Waals surface area contributed by atoms with Gasteiger partial charge in [-0.2, -0.15) is 0 Å². The summed E-state index contributed by atoms with van der Waals surface area (Å²) < 4.78 is 0. The molecule has 28 heavy (non-hydrogen) atoms. The monoisotopic (exact) mass is 398 g/mol. The minimum Gasteiger partial charge on any atom is -0.480 e. The Hall–Kier alpha value is -2.72. The molecule has 1 aliphatic rings. The number of rotatable bonds is 11. The first-order chi connectivity index (χ1) is 13.0. The summed E-state index contributed by atoms with van der Waals surface area (Å²) in [5.74, 6) is -4.20. The van der Waals surface area contributed by atoms with Crippen LogP contribution in [-0.2, 0) is 19.2 Å². The van der Waals surface area contributed by atoms with Gasteiger partial charge < -0.3 is 31.1 Å². The lowest BCUT2D eigenvalue weighted by atomic mass is 9.91. The number of hydrogen-bond donors (Lipinski definition) is 6. The van der Waals surface area contributed by atoms with Gasteiger partial charge in [0.25, 0.3) is 0 Å². The molecule has 0 fully saturated rings. The largest absolute Gasteiger partial charge is 0.480 e. The second kappa shape index (κ2) is 10.00. The van der Waals surface area contributed by atoms with Crippen molar-refractivity contribution in [1.82, 2.24) is 10.6 Å². The summed E-state index contributed by atoms with van der Waals surface area (Å²) in [5.41, 5.74) is -0.529. The van der Waals surface area contributed by atoms with Crippen molar-refractivity contribution in [1.29, 1.82) is 0 Å². The Bertz CT molecular complexity index is 708. The van der Waals surface area contributed by atoms with E-state index in [0.29, 0.717) is 12.8 Å². The Kier molecular flexibility index (Phi) is 8.33. The predicted molar refractivity (Wildman–Crippen MR) is 97.1 cm³/mol. The van der Waals surface area contributed by atoms with Crippen molar-refractivity contribution >= 4 is 23.5 Å². The van der Waals surface area contributed by atoms with Crippen LogP contribution in [0.5, 0.6) is 0 Å². The van der Waals surface area contributed by atoms with Gasteiger partial charge in [-0.15, -0.1) is 0 Å². The number of carbonyl (C=O) groups is 4. The molecule has 6 N–H and O–H groups in total. The maximum absolute atomic E-state index is 12.8. The minimum atomic E-state index is -1.51. The third-order valence-corrected chi connectivity index (χ3v) is 4.23. The summed E-state index contributed by atoms with van der Waals surface area (Å²) >= 11 is 0. The zero-order chi connectivity index (χ0) is 21.6. The Morgan fingerprint density at radius 3 is 1.93 bits per heavy atom. The first-order valence-electron chi connectivity index (χ1n) is 8.89.